The minimum Gasteiger partial charge on any atom is -0.395 e. The van der Waals surface area contributed by atoms with E-state index in [0.717, 1.165) is 49.0 Å². The predicted molar refractivity (Wildman–Crippen MR) is 161 cm³/mol. The number of hydrogen-bond donors (Lipinski definition) is 1. The van der Waals surface area contributed by atoms with Crippen molar-refractivity contribution in [3.8, 4) is 22.6 Å². The number of likely N-dealkylation sites (tertiary alicyclic amines) is 1. The van der Waals surface area contributed by atoms with Gasteiger partial charge in [0.05, 0.1) is 0 Å². The number of rotatable bonds is 10. The minimum absolute atomic E-state index is 0.0135. The lowest BCUT2D eigenvalue weighted by molar-refractivity contribution is -0.286. The molecule has 0 radical (unpaired) electrons. The van der Waals surface area contributed by atoms with E-state index in [4.69, 9.17) is 10.5 Å². The third kappa shape index (κ3) is 6.53. The van der Waals surface area contributed by atoms with Crippen LogP contribution in [0.5, 0.6) is 11.5 Å². The zero-order valence-corrected chi connectivity index (χ0v) is 24.3. The molecule has 43 heavy (non-hydrogen) atoms. The van der Waals surface area contributed by atoms with Gasteiger partial charge >= 0.3 is 6.29 Å². The summed E-state index contributed by atoms with van der Waals surface area (Å²) in [6.07, 6.45) is 0.144. The molecule has 0 bridgehead atoms. The Morgan fingerprint density at radius 1 is 1.05 bits per heavy atom. The number of benzene rings is 3. The van der Waals surface area contributed by atoms with Crippen molar-refractivity contribution in [3.05, 3.63) is 84.1 Å². The van der Waals surface area contributed by atoms with Crippen LogP contribution in [0.3, 0.4) is 0 Å². The predicted octanol–water partition coefficient (Wildman–Crippen LogP) is 6.33. The van der Waals surface area contributed by atoms with Crippen molar-refractivity contribution in [3.63, 3.8) is 0 Å². The number of nitrogens with two attached hydrogens (primary N) is 1. The molecule has 0 saturated carbocycles. The van der Waals surface area contributed by atoms with E-state index in [1.165, 1.54) is 22.7 Å². The zero-order valence-electron chi connectivity index (χ0n) is 24.3. The first kappa shape index (κ1) is 29.1. The van der Waals surface area contributed by atoms with Crippen LogP contribution in [-0.4, -0.2) is 54.5 Å². The number of fused-ring (bicyclic) bond motifs is 2. The van der Waals surface area contributed by atoms with Crippen LogP contribution in [0, 0.1) is 0 Å². The number of ether oxygens (including phenoxy) is 3. The number of alkyl halides is 2. The summed E-state index contributed by atoms with van der Waals surface area (Å²) in [5.74, 6) is 0.400. The summed E-state index contributed by atoms with van der Waals surface area (Å²) in [6.45, 7) is 3.04. The normalized spacial score (nSPS) is 18.2. The van der Waals surface area contributed by atoms with Gasteiger partial charge in [0.2, 0.25) is 5.91 Å². The highest BCUT2D eigenvalue weighted by atomic mass is 19.3. The fraction of sp³-hybridized carbons (Fsp3) is 0.382. The summed E-state index contributed by atoms with van der Waals surface area (Å²) in [7, 11) is 1.73. The molecule has 1 saturated heterocycles. The topological polar surface area (TPSA) is 79.0 Å². The van der Waals surface area contributed by atoms with Gasteiger partial charge in [-0.05, 0) is 72.0 Å². The average molecular weight is 590 g/mol. The number of aryl methyl sites for hydroxylation is 1. The number of carbonyl (C=O) groups excluding carboxylic acids is 1. The van der Waals surface area contributed by atoms with E-state index in [1.807, 2.05) is 29.2 Å². The molecular formula is C34H37F2N3O4. The van der Waals surface area contributed by atoms with E-state index < -0.39 is 6.29 Å². The number of methoxy groups -OCH3 is 1. The van der Waals surface area contributed by atoms with Gasteiger partial charge < -0.3 is 29.4 Å². The van der Waals surface area contributed by atoms with E-state index in [-0.39, 0.29) is 35.8 Å². The van der Waals surface area contributed by atoms with Gasteiger partial charge in [-0.3, -0.25) is 4.79 Å². The minimum atomic E-state index is -3.64. The highest BCUT2D eigenvalue weighted by molar-refractivity contribution is 5.82. The van der Waals surface area contributed by atoms with Gasteiger partial charge in [0.25, 0.3) is 0 Å². The number of piperidine rings is 1. The van der Waals surface area contributed by atoms with Crippen LogP contribution in [0.4, 0.5) is 8.78 Å². The number of hydrogen-bond acceptors (Lipinski definition) is 5. The molecule has 1 amide bonds. The number of para-hydroxylation sites is 1. The molecule has 1 fully saturated rings. The Hall–Kier alpha value is -3.95. The summed E-state index contributed by atoms with van der Waals surface area (Å²) in [5, 5.41) is 1.23. The fourth-order valence-electron chi connectivity index (χ4n) is 6.32. The zero-order chi connectivity index (χ0) is 30.0. The molecule has 3 aromatic carbocycles. The maximum Gasteiger partial charge on any atom is 0.586 e. The van der Waals surface area contributed by atoms with Crippen molar-refractivity contribution in [1.29, 1.82) is 0 Å². The molecule has 2 N–H and O–H groups in total. The second-order valence-corrected chi connectivity index (χ2v) is 11.5. The average Bonchev–Trinajstić information content (AvgIpc) is 3.53. The molecule has 7 nitrogen and oxygen atoms in total. The lowest BCUT2D eigenvalue weighted by Gasteiger charge is -2.34. The third-order valence-corrected chi connectivity index (χ3v) is 8.39. The number of carbonyl (C=O) groups is 1. The number of amides is 1. The maximum atomic E-state index is 13.4. The first-order valence-corrected chi connectivity index (χ1v) is 14.9. The molecule has 4 aromatic rings. The second-order valence-electron chi connectivity index (χ2n) is 11.5. The Bertz CT molecular complexity index is 1590. The fourth-order valence-corrected chi connectivity index (χ4v) is 6.32. The molecule has 0 spiro atoms. The van der Waals surface area contributed by atoms with Crippen molar-refractivity contribution in [1.82, 2.24) is 9.47 Å². The SMILES string of the molecule is COCCCn1c(C2CCCN(C(=O)C[C@H](N)Cc3ccc(-c4ccc5c(c4)OC(F)(F)O5)cc3)C2)cc2ccccc21. The van der Waals surface area contributed by atoms with Crippen LogP contribution in [0.1, 0.15) is 42.9 Å². The molecule has 1 aromatic heterocycles. The highest BCUT2D eigenvalue weighted by Gasteiger charge is 2.43. The Balaban J connectivity index is 1.07. The molecular weight excluding hydrogens is 552 g/mol. The lowest BCUT2D eigenvalue weighted by atomic mass is 9.93. The van der Waals surface area contributed by atoms with Gasteiger partial charge in [0.15, 0.2) is 11.5 Å². The van der Waals surface area contributed by atoms with Crippen molar-refractivity contribution >= 4 is 16.8 Å². The first-order chi connectivity index (χ1) is 20.8. The van der Waals surface area contributed by atoms with E-state index in [0.29, 0.717) is 19.6 Å². The van der Waals surface area contributed by atoms with Gasteiger partial charge in [-0.1, -0.05) is 48.5 Å². The second kappa shape index (κ2) is 12.3. The third-order valence-electron chi connectivity index (χ3n) is 8.39. The lowest BCUT2D eigenvalue weighted by Crippen LogP contribution is -2.42. The van der Waals surface area contributed by atoms with Crippen molar-refractivity contribution < 1.29 is 27.8 Å². The Morgan fingerprint density at radius 3 is 2.63 bits per heavy atom. The molecule has 6 rings (SSSR count). The first-order valence-electron chi connectivity index (χ1n) is 14.9. The summed E-state index contributed by atoms with van der Waals surface area (Å²) in [4.78, 5) is 15.4. The van der Waals surface area contributed by atoms with Crippen LogP contribution in [0.2, 0.25) is 0 Å². The van der Waals surface area contributed by atoms with E-state index >= 15 is 0 Å². The monoisotopic (exact) mass is 589 g/mol. The Kier molecular flexibility index (Phi) is 8.36. The molecule has 2 aliphatic rings. The summed E-state index contributed by atoms with van der Waals surface area (Å²) in [5.41, 5.74) is 11.6. The van der Waals surface area contributed by atoms with E-state index in [9.17, 15) is 13.6 Å². The molecule has 9 heteroatoms. The molecule has 1 unspecified atom stereocenters. The Morgan fingerprint density at radius 2 is 1.81 bits per heavy atom. The van der Waals surface area contributed by atoms with Crippen LogP contribution in [0.25, 0.3) is 22.0 Å². The van der Waals surface area contributed by atoms with Crippen LogP contribution in [-0.2, 0) is 22.5 Å². The van der Waals surface area contributed by atoms with Gasteiger partial charge in [-0.15, -0.1) is 8.78 Å². The van der Waals surface area contributed by atoms with Crippen LogP contribution in [0.15, 0.2) is 72.8 Å². The smallest absolute Gasteiger partial charge is 0.395 e. The molecule has 2 aliphatic heterocycles. The summed E-state index contributed by atoms with van der Waals surface area (Å²) < 4.78 is 43.5. The number of halogens is 2. The van der Waals surface area contributed by atoms with Crippen LogP contribution < -0.4 is 15.2 Å². The quantitative estimate of drug-likeness (QED) is 0.219. The molecule has 2 atom stereocenters. The number of aromatic nitrogens is 1. The largest absolute Gasteiger partial charge is 0.586 e. The van der Waals surface area contributed by atoms with Crippen molar-refractivity contribution in [2.45, 2.75) is 56.9 Å². The van der Waals surface area contributed by atoms with E-state index in [2.05, 4.69) is 44.4 Å². The van der Waals surface area contributed by atoms with E-state index in [1.54, 1.807) is 19.2 Å². The standard InChI is InChI=1S/C34H37F2N3O4/c1-41-17-5-16-39-29-8-3-2-6-26(29)19-30(39)27-7-4-15-38(22-27)33(40)21-28(37)18-23-9-11-24(12-10-23)25-13-14-31-32(20-25)43-34(35,36)42-31/h2-3,6,8-14,19-20,27-28H,4-5,7,15-18,21-22,37H2,1H3/t27?,28-/m1/s1. The van der Waals surface area contributed by atoms with Gasteiger partial charge in [-0.2, -0.15) is 0 Å². The Labute approximate surface area is 250 Å². The molecule has 3 heterocycles. The number of nitrogens with zero attached hydrogens (tertiary/aromatic N) is 2. The summed E-state index contributed by atoms with van der Waals surface area (Å²) in [6, 6.07) is 22.9. The van der Waals surface area contributed by atoms with Gasteiger partial charge in [0, 0.05) is 62.9 Å². The maximum absolute atomic E-state index is 13.4. The molecule has 0 aliphatic carbocycles. The van der Waals surface area contributed by atoms with Gasteiger partial charge in [0.1, 0.15) is 0 Å². The van der Waals surface area contributed by atoms with Crippen molar-refractivity contribution in [2.24, 2.45) is 5.73 Å². The highest BCUT2D eigenvalue weighted by Crippen LogP contribution is 2.43. The van der Waals surface area contributed by atoms with Gasteiger partial charge in [-0.25, -0.2) is 0 Å². The summed E-state index contributed by atoms with van der Waals surface area (Å²) >= 11 is 0. The van der Waals surface area contributed by atoms with Crippen molar-refractivity contribution in [2.75, 3.05) is 26.8 Å². The molecule has 226 valence electrons. The van der Waals surface area contributed by atoms with Crippen LogP contribution >= 0.6 is 0 Å².